The van der Waals surface area contributed by atoms with Crippen LogP contribution in [0.4, 0.5) is 11.5 Å². The van der Waals surface area contributed by atoms with Crippen molar-refractivity contribution >= 4 is 23.2 Å². The van der Waals surface area contributed by atoms with Crippen molar-refractivity contribution in [2.75, 3.05) is 23.7 Å². The molecule has 2 N–H and O–H groups in total. The summed E-state index contributed by atoms with van der Waals surface area (Å²) in [4.78, 5) is 28.8. The van der Waals surface area contributed by atoms with Gasteiger partial charge in [0.25, 0.3) is 5.91 Å². The fourth-order valence-electron chi connectivity index (χ4n) is 4.58. The predicted molar refractivity (Wildman–Crippen MR) is 113 cm³/mol. The Kier molecular flexibility index (Phi) is 4.45. The first-order valence-electron chi connectivity index (χ1n) is 10.4. The molecule has 3 aliphatic rings. The molecule has 1 spiro atoms. The van der Waals surface area contributed by atoms with Crippen molar-refractivity contribution in [3.05, 3.63) is 47.9 Å². The van der Waals surface area contributed by atoms with Crippen LogP contribution in [0.1, 0.15) is 48.2 Å². The first-order chi connectivity index (χ1) is 14.1. The molecule has 7 nitrogen and oxygen atoms in total. The molecule has 150 valence electrons. The minimum atomic E-state index is -0.396. The molecule has 1 unspecified atom stereocenters. The van der Waals surface area contributed by atoms with E-state index in [9.17, 15) is 4.79 Å². The van der Waals surface area contributed by atoms with Crippen LogP contribution in [0.3, 0.4) is 0 Å². The van der Waals surface area contributed by atoms with Gasteiger partial charge in [0.1, 0.15) is 11.4 Å². The number of carbonyl (C=O) groups excluding carboxylic acids is 1. The van der Waals surface area contributed by atoms with Crippen LogP contribution in [0.2, 0.25) is 0 Å². The third-order valence-electron chi connectivity index (χ3n) is 6.22. The maximum absolute atomic E-state index is 13.1. The number of carbonyl (C=O) groups is 1. The highest BCUT2D eigenvalue weighted by molar-refractivity contribution is 6.09. The van der Waals surface area contributed by atoms with Crippen LogP contribution >= 0.6 is 0 Å². The number of nitrogens with one attached hydrogen (secondary N) is 2. The van der Waals surface area contributed by atoms with Crippen molar-refractivity contribution in [1.29, 1.82) is 0 Å². The zero-order valence-electron chi connectivity index (χ0n) is 16.7. The van der Waals surface area contributed by atoms with Gasteiger partial charge in [-0.15, -0.1) is 0 Å². The summed E-state index contributed by atoms with van der Waals surface area (Å²) in [6, 6.07) is 8.05. The van der Waals surface area contributed by atoms with E-state index >= 15 is 0 Å². The Morgan fingerprint density at radius 1 is 1.24 bits per heavy atom. The lowest BCUT2D eigenvalue weighted by Crippen LogP contribution is -2.55. The highest BCUT2D eigenvalue weighted by atomic mass is 16.2. The molecule has 0 radical (unpaired) electrons. The minimum absolute atomic E-state index is 0.0216. The van der Waals surface area contributed by atoms with E-state index in [-0.39, 0.29) is 5.91 Å². The van der Waals surface area contributed by atoms with E-state index < -0.39 is 5.54 Å². The second-order valence-corrected chi connectivity index (χ2v) is 8.31. The van der Waals surface area contributed by atoms with Gasteiger partial charge in [0.05, 0.1) is 23.8 Å². The van der Waals surface area contributed by atoms with Crippen molar-refractivity contribution < 1.29 is 4.79 Å². The molecule has 1 saturated carbocycles. The summed E-state index contributed by atoms with van der Waals surface area (Å²) >= 11 is 0. The predicted octanol–water partition coefficient (Wildman–Crippen LogP) is 3.25. The summed E-state index contributed by atoms with van der Waals surface area (Å²) in [5.74, 6) is 1.75. The van der Waals surface area contributed by atoms with Crippen molar-refractivity contribution in [2.24, 2.45) is 4.99 Å². The van der Waals surface area contributed by atoms with Gasteiger partial charge in [0.15, 0.2) is 5.82 Å². The van der Waals surface area contributed by atoms with Gasteiger partial charge < -0.3 is 15.5 Å². The largest absolute Gasteiger partial charge is 0.368 e. The maximum Gasteiger partial charge on any atom is 0.255 e. The quantitative estimate of drug-likeness (QED) is 0.823. The summed E-state index contributed by atoms with van der Waals surface area (Å²) in [6.07, 6.45) is 9.01. The lowest BCUT2D eigenvalue weighted by molar-refractivity contribution is 0.0789. The molecule has 1 amide bonds. The van der Waals surface area contributed by atoms with E-state index in [0.717, 1.165) is 42.3 Å². The average Bonchev–Trinajstić information content (AvgIpc) is 3.39. The topological polar surface area (TPSA) is 82.5 Å². The monoisotopic (exact) mass is 390 g/mol. The van der Waals surface area contributed by atoms with Gasteiger partial charge in [0, 0.05) is 24.6 Å². The van der Waals surface area contributed by atoms with Crippen molar-refractivity contribution in [3.8, 4) is 0 Å². The van der Waals surface area contributed by atoms with E-state index in [1.807, 2.05) is 36.1 Å². The second kappa shape index (κ2) is 7.13. The Morgan fingerprint density at radius 2 is 2.10 bits per heavy atom. The number of hydrogen-bond acceptors (Lipinski definition) is 5. The SMILES string of the molecule is Cc1ccc(C(=O)N2CCC3(C2)Nc2cccnc2NC3=NC2CCCC2)cn1. The smallest absolute Gasteiger partial charge is 0.255 e. The number of hydrogen-bond donors (Lipinski definition) is 2. The van der Waals surface area contributed by atoms with Gasteiger partial charge in [-0.1, -0.05) is 12.8 Å². The number of rotatable bonds is 2. The lowest BCUT2D eigenvalue weighted by atomic mass is 9.93. The number of aryl methyl sites for hydroxylation is 1. The van der Waals surface area contributed by atoms with Gasteiger partial charge >= 0.3 is 0 Å². The number of amidine groups is 1. The number of likely N-dealkylation sites (tertiary alicyclic amines) is 1. The van der Waals surface area contributed by atoms with Crippen molar-refractivity contribution in [2.45, 2.75) is 50.6 Å². The van der Waals surface area contributed by atoms with E-state index in [2.05, 4.69) is 20.6 Å². The molecule has 0 aromatic carbocycles. The highest BCUT2D eigenvalue weighted by Gasteiger charge is 2.47. The molecular formula is C22H26N6O. The fraction of sp³-hybridized carbons (Fsp3) is 0.455. The van der Waals surface area contributed by atoms with Crippen molar-refractivity contribution in [1.82, 2.24) is 14.9 Å². The summed E-state index contributed by atoms with van der Waals surface area (Å²) in [6.45, 7) is 3.18. The summed E-state index contributed by atoms with van der Waals surface area (Å²) in [5, 5.41) is 7.17. The number of fused-ring (bicyclic) bond motifs is 1. The van der Waals surface area contributed by atoms with E-state index in [1.165, 1.54) is 12.8 Å². The maximum atomic E-state index is 13.1. The van der Waals surface area contributed by atoms with Crippen LogP contribution in [0.15, 0.2) is 41.7 Å². The standard InChI is InChI=1S/C22H26N6O/c1-15-8-9-16(13-24-15)20(29)28-12-10-22(14-28)21(25-17-5-2-3-6-17)26-19-18(27-22)7-4-11-23-19/h4,7-9,11,13,17,27H,2-3,5-6,10,12,14H2,1H3,(H,23,25,26). The summed E-state index contributed by atoms with van der Waals surface area (Å²) < 4.78 is 0. The molecule has 2 aliphatic heterocycles. The number of amides is 1. The Bertz CT molecular complexity index is 950. The fourth-order valence-corrected chi connectivity index (χ4v) is 4.58. The van der Waals surface area contributed by atoms with Crippen LogP contribution in [-0.2, 0) is 0 Å². The second-order valence-electron chi connectivity index (χ2n) is 8.31. The lowest BCUT2D eigenvalue weighted by Gasteiger charge is -2.38. The number of aliphatic imine (C=N–C) groups is 1. The van der Waals surface area contributed by atoms with Gasteiger partial charge in [-0.25, -0.2) is 4.98 Å². The van der Waals surface area contributed by atoms with Crippen LogP contribution < -0.4 is 10.6 Å². The number of anilines is 2. The molecule has 1 atom stereocenters. The van der Waals surface area contributed by atoms with Gasteiger partial charge in [-0.05, 0) is 50.5 Å². The molecule has 29 heavy (non-hydrogen) atoms. The third-order valence-corrected chi connectivity index (χ3v) is 6.22. The summed E-state index contributed by atoms with van der Waals surface area (Å²) in [5.41, 5.74) is 2.11. The molecule has 2 aromatic heterocycles. The van der Waals surface area contributed by atoms with Crippen LogP contribution in [0.25, 0.3) is 0 Å². The normalized spacial score (nSPS) is 25.1. The zero-order valence-corrected chi connectivity index (χ0v) is 16.7. The molecule has 7 heteroatoms. The number of nitrogens with zero attached hydrogens (tertiary/aromatic N) is 4. The zero-order chi connectivity index (χ0) is 19.8. The molecule has 1 saturated heterocycles. The first kappa shape index (κ1) is 18.1. The van der Waals surface area contributed by atoms with E-state index in [0.29, 0.717) is 24.7 Å². The molecule has 2 aromatic rings. The van der Waals surface area contributed by atoms with Crippen LogP contribution in [0.5, 0.6) is 0 Å². The Morgan fingerprint density at radius 3 is 2.90 bits per heavy atom. The Balaban J connectivity index is 1.45. The van der Waals surface area contributed by atoms with Crippen LogP contribution in [0, 0.1) is 6.92 Å². The minimum Gasteiger partial charge on any atom is -0.368 e. The number of pyridine rings is 2. The summed E-state index contributed by atoms with van der Waals surface area (Å²) in [7, 11) is 0. The molecule has 2 fully saturated rings. The van der Waals surface area contributed by atoms with E-state index in [1.54, 1.807) is 12.4 Å². The molecule has 0 bridgehead atoms. The number of aromatic nitrogens is 2. The molecule has 4 heterocycles. The first-order valence-corrected chi connectivity index (χ1v) is 10.4. The van der Waals surface area contributed by atoms with Gasteiger partial charge in [-0.2, -0.15) is 0 Å². The van der Waals surface area contributed by atoms with Crippen molar-refractivity contribution in [3.63, 3.8) is 0 Å². The molecule has 5 rings (SSSR count). The molecule has 1 aliphatic carbocycles. The van der Waals surface area contributed by atoms with E-state index in [4.69, 9.17) is 4.99 Å². The Labute approximate surface area is 170 Å². The average molecular weight is 390 g/mol. The highest BCUT2D eigenvalue weighted by Crippen LogP contribution is 2.36. The molecular weight excluding hydrogens is 364 g/mol. The van der Waals surface area contributed by atoms with Gasteiger partial charge in [0.2, 0.25) is 0 Å². The third kappa shape index (κ3) is 3.34. The Hall–Kier alpha value is -2.96. The van der Waals surface area contributed by atoms with Crippen LogP contribution in [-0.4, -0.2) is 51.3 Å². The van der Waals surface area contributed by atoms with Gasteiger partial charge in [-0.3, -0.25) is 14.8 Å².